The summed E-state index contributed by atoms with van der Waals surface area (Å²) in [6.07, 6.45) is 0. The summed E-state index contributed by atoms with van der Waals surface area (Å²) in [4.78, 5) is 0. The molecule has 21 heavy (non-hydrogen) atoms. The van der Waals surface area contributed by atoms with Gasteiger partial charge in [0.2, 0.25) is 0 Å². The molecule has 0 aliphatic carbocycles. The van der Waals surface area contributed by atoms with Crippen LogP contribution in [0.4, 0.5) is 0 Å². The van der Waals surface area contributed by atoms with Gasteiger partial charge in [-0.3, -0.25) is 0 Å². The first-order chi connectivity index (χ1) is 9.79. The number of rotatable bonds is 3. The summed E-state index contributed by atoms with van der Waals surface area (Å²) in [5, 5.41) is 0. The summed E-state index contributed by atoms with van der Waals surface area (Å²) in [5.41, 5.74) is 8.21. The second-order valence-electron chi connectivity index (χ2n) is 6.33. The van der Waals surface area contributed by atoms with Crippen molar-refractivity contribution in [1.29, 1.82) is 0 Å². The van der Waals surface area contributed by atoms with Gasteiger partial charge in [0.15, 0.2) is 0 Å². The molecule has 0 fully saturated rings. The summed E-state index contributed by atoms with van der Waals surface area (Å²) in [6, 6.07) is 14.1. The van der Waals surface area contributed by atoms with Gasteiger partial charge in [-0.05, 0) is 52.0 Å². The Morgan fingerprint density at radius 3 is 2.29 bits per heavy atom. The lowest BCUT2D eigenvalue weighted by molar-refractivity contribution is 0.452. The summed E-state index contributed by atoms with van der Waals surface area (Å²) in [5.74, 6) is 1.69. The minimum absolute atomic E-state index is 0.0113. The van der Waals surface area contributed by atoms with E-state index < -0.39 is 0 Å². The van der Waals surface area contributed by atoms with Crippen molar-refractivity contribution in [1.82, 2.24) is 0 Å². The number of para-hydroxylation sites is 1. The fourth-order valence-electron chi connectivity index (χ4n) is 2.18. The second kappa shape index (κ2) is 6.20. The van der Waals surface area contributed by atoms with Crippen molar-refractivity contribution in [3.8, 4) is 11.5 Å². The lowest BCUT2D eigenvalue weighted by Crippen LogP contribution is -2.12. The van der Waals surface area contributed by atoms with E-state index in [1.807, 2.05) is 43.3 Å². The summed E-state index contributed by atoms with van der Waals surface area (Å²) in [6.45, 7) is 8.52. The minimum atomic E-state index is 0.0113. The second-order valence-corrected chi connectivity index (χ2v) is 7.18. The molecule has 0 saturated heterocycles. The maximum Gasteiger partial charge on any atom is 0.141 e. The van der Waals surface area contributed by atoms with Crippen LogP contribution < -0.4 is 10.5 Å². The summed E-state index contributed by atoms with van der Waals surface area (Å²) < 4.78 is 7.03. The van der Waals surface area contributed by atoms with Crippen LogP contribution in [0.3, 0.4) is 0 Å². The molecule has 2 nitrogen and oxygen atoms in total. The van der Waals surface area contributed by atoms with Crippen LogP contribution in [0.1, 0.15) is 44.9 Å². The number of hydrogen-bond acceptors (Lipinski definition) is 2. The third-order valence-electron chi connectivity index (χ3n) is 3.40. The molecule has 3 heteroatoms. The van der Waals surface area contributed by atoms with Crippen molar-refractivity contribution in [2.24, 2.45) is 5.73 Å². The number of hydrogen-bond donors (Lipinski definition) is 1. The normalized spacial score (nSPS) is 13.0. The van der Waals surface area contributed by atoms with Crippen LogP contribution >= 0.6 is 15.9 Å². The fourth-order valence-corrected chi connectivity index (χ4v) is 2.65. The number of nitrogens with two attached hydrogens (primary N) is 1. The van der Waals surface area contributed by atoms with Crippen molar-refractivity contribution in [3.05, 3.63) is 58.1 Å². The zero-order valence-corrected chi connectivity index (χ0v) is 14.6. The van der Waals surface area contributed by atoms with Crippen molar-refractivity contribution < 1.29 is 4.74 Å². The van der Waals surface area contributed by atoms with Gasteiger partial charge in [0.25, 0.3) is 0 Å². The van der Waals surface area contributed by atoms with Crippen LogP contribution in [0.15, 0.2) is 46.9 Å². The predicted molar refractivity (Wildman–Crippen MR) is 92.0 cm³/mol. The van der Waals surface area contributed by atoms with Crippen LogP contribution in [-0.4, -0.2) is 0 Å². The average Bonchev–Trinajstić information content (AvgIpc) is 2.40. The highest BCUT2D eigenvalue weighted by molar-refractivity contribution is 9.10. The van der Waals surface area contributed by atoms with E-state index in [1.165, 1.54) is 5.56 Å². The Morgan fingerprint density at radius 1 is 1.05 bits per heavy atom. The molecule has 0 saturated carbocycles. The lowest BCUT2D eigenvalue weighted by atomic mass is 9.86. The Bertz CT molecular complexity index is 629. The third-order valence-corrected chi connectivity index (χ3v) is 4.02. The number of benzene rings is 2. The van der Waals surface area contributed by atoms with Gasteiger partial charge in [-0.25, -0.2) is 0 Å². The smallest absolute Gasteiger partial charge is 0.141 e. The van der Waals surface area contributed by atoms with E-state index in [-0.39, 0.29) is 11.5 Å². The van der Waals surface area contributed by atoms with Gasteiger partial charge in [0.05, 0.1) is 4.47 Å². The van der Waals surface area contributed by atoms with Gasteiger partial charge < -0.3 is 10.5 Å². The lowest BCUT2D eigenvalue weighted by Gasteiger charge is -2.23. The zero-order valence-electron chi connectivity index (χ0n) is 13.0. The molecular formula is C18H22BrNO. The highest BCUT2D eigenvalue weighted by atomic mass is 79.9. The maximum atomic E-state index is 6.11. The van der Waals surface area contributed by atoms with E-state index in [0.717, 1.165) is 21.5 Å². The molecule has 0 aliphatic heterocycles. The van der Waals surface area contributed by atoms with E-state index in [9.17, 15) is 0 Å². The molecule has 0 aromatic heterocycles. The van der Waals surface area contributed by atoms with Crippen LogP contribution in [0, 0.1) is 0 Å². The van der Waals surface area contributed by atoms with Gasteiger partial charge in [0, 0.05) is 11.6 Å². The van der Waals surface area contributed by atoms with Crippen LogP contribution in [0.5, 0.6) is 11.5 Å². The van der Waals surface area contributed by atoms with Gasteiger partial charge in [-0.15, -0.1) is 0 Å². The molecule has 0 amide bonds. The minimum Gasteiger partial charge on any atom is -0.456 e. The molecule has 0 unspecified atom stereocenters. The molecule has 2 rings (SSSR count). The fraction of sp³-hybridized carbons (Fsp3) is 0.333. The van der Waals surface area contributed by atoms with E-state index in [4.69, 9.17) is 10.5 Å². The molecule has 0 heterocycles. The summed E-state index contributed by atoms with van der Waals surface area (Å²) in [7, 11) is 0. The topological polar surface area (TPSA) is 35.2 Å². The van der Waals surface area contributed by atoms with E-state index in [0.29, 0.717) is 0 Å². The Morgan fingerprint density at radius 2 is 1.71 bits per heavy atom. The van der Waals surface area contributed by atoms with E-state index >= 15 is 0 Å². The molecule has 2 aromatic carbocycles. The van der Waals surface area contributed by atoms with Crippen molar-refractivity contribution >= 4 is 15.9 Å². The van der Waals surface area contributed by atoms with Crippen molar-refractivity contribution in [2.75, 3.05) is 0 Å². The molecule has 2 N–H and O–H groups in total. The standard InChI is InChI=1S/C18H22BrNO/c1-12(20)13-9-10-17(15(19)11-13)21-16-8-6-5-7-14(16)18(2,3)4/h5-12H,20H2,1-4H3/t12-/m0/s1. The molecule has 112 valence electrons. The van der Waals surface area contributed by atoms with Crippen LogP contribution in [0.25, 0.3) is 0 Å². The van der Waals surface area contributed by atoms with Gasteiger partial charge >= 0.3 is 0 Å². The van der Waals surface area contributed by atoms with Crippen molar-refractivity contribution in [2.45, 2.75) is 39.2 Å². The molecule has 0 spiro atoms. The molecule has 1 atom stereocenters. The first-order valence-corrected chi connectivity index (χ1v) is 7.90. The number of ether oxygens (including phenoxy) is 1. The largest absolute Gasteiger partial charge is 0.456 e. The molecule has 2 aromatic rings. The Hall–Kier alpha value is -1.32. The number of halogens is 1. The van der Waals surface area contributed by atoms with E-state index in [2.05, 4.69) is 42.8 Å². The summed E-state index contributed by atoms with van der Waals surface area (Å²) >= 11 is 3.57. The molecule has 0 bridgehead atoms. The highest BCUT2D eigenvalue weighted by Crippen LogP contribution is 2.37. The van der Waals surface area contributed by atoms with Crippen LogP contribution in [0.2, 0.25) is 0 Å². The van der Waals surface area contributed by atoms with Crippen molar-refractivity contribution in [3.63, 3.8) is 0 Å². The SMILES string of the molecule is C[C@H](N)c1ccc(Oc2ccccc2C(C)(C)C)c(Br)c1. The maximum absolute atomic E-state index is 6.11. The van der Waals surface area contributed by atoms with Crippen LogP contribution in [-0.2, 0) is 5.41 Å². The Labute approximate surface area is 135 Å². The van der Waals surface area contributed by atoms with Gasteiger partial charge in [0.1, 0.15) is 11.5 Å². The molecule has 0 aliphatic rings. The monoisotopic (exact) mass is 347 g/mol. The highest BCUT2D eigenvalue weighted by Gasteiger charge is 2.19. The average molecular weight is 348 g/mol. The van der Waals surface area contributed by atoms with Gasteiger partial charge in [-0.2, -0.15) is 0 Å². The van der Waals surface area contributed by atoms with E-state index in [1.54, 1.807) is 0 Å². The first-order valence-electron chi connectivity index (χ1n) is 7.11. The zero-order chi connectivity index (χ0) is 15.6. The Balaban J connectivity index is 2.35. The molecular weight excluding hydrogens is 326 g/mol. The first kappa shape index (κ1) is 16.1. The Kier molecular flexibility index (Phi) is 4.74. The molecule has 0 radical (unpaired) electrons. The van der Waals surface area contributed by atoms with Gasteiger partial charge in [-0.1, -0.05) is 45.0 Å². The quantitative estimate of drug-likeness (QED) is 0.788. The predicted octanol–water partition coefficient (Wildman–Crippen LogP) is 5.56. The third kappa shape index (κ3) is 3.86.